The van der Waals surface area contributed by atoms with Gasteiger partial charge in [0.25, 0.3) is 5.89 Å². The molecule has 12 nitrogen and oxygen atoms in total. The number of anilines is 1. The lowest BCUT2D eigenvalue weighted by Gasteiger charge is -2.27. The van der Waals surface area contributed by atoms with Gasteiger partial charge in [0.1, 0.15) is 11.4 Å². The number of carbonyl (C=O) groups is 2. The average Bonchev–Trinajstić information content (AvgIpc) is 3.60. The molecule has 4 aromatic rings. The smallest absolute Gasteiger partial charge is 0.333 e. The SMILES string of the molecule is C.Cc1noc(COc2ccc(-c3n[nH]c4c3C(=O)c3c(NC(=O)NN5CCOCC5)cccc3-4)cc2)n1. The number of H-pyrrole nitrogens is 1. The van der Waals surface area contributed by atoms with Gasteiger partial charge in [-0.2, -0.15) is 10.1 Å². The number of aromatic amines is 1. The molecule has 3 heterocycles. The quantitative estimate of drug-likeness (QED) is 0.307. The van der Waals surface area contributed by atoms with Crippen LogP contribution in [0.4, 0.5) is 10.5 Å². The first kappa shape index (κ1) is 25.1. The fraction of sp³-hybridized carbons (Fsp3) is 0.269. The Balaban J connectivity index is 0.00000294. The molecule has 2 aromatic heterocycles. The highest BCUT2D eigenvalue weighted by Gasteiger charge is 2.35. The number of carbonyl (C=O) groups excluding carboxylic acids is 2. The number of benzene rings is 2. The van der Waals surface area contributed by atoms with Crippen LogP contribution in [0.25, 0.3) is 22.5 Å². The van der Waals surface area contributed by atoms with E-state index in [1.165, 1.54) is 0 Å². The van der Waals surface area contributed by atoms with E-state index >= 15 is 0 Å². The number of nitrogens with one attached hydrogen (secondary N) is 3. The van der Waals surface area contributed by atoms with Gasteiger partial charge in [0.05, 0.1) is 35.7 Å². The molecule has 196 valence electrons. The Hall–Kier alpha value is -4.55. The summed E-state index contributed by atoms with van der Waals surface area (Å²) in [5.41, 5.74) is 6.72. The number of hydrazine groups is 1. The van der Waals surface area contributed by atoms with Gasteiger partial charge in [-0.05, 0) is 37.3 Å². The number of urea groups is 1. The van der Waals surface area contributed by atoms with E-state index in [2.05, 4.69) is 31.1 Å². The Morgan fingerprint density at radius 3 is 2.66 bits per heavy atom. The molecule has 1 aliphatic carbocycles. The molecule has 0 radical (unpaired) electrons. The first-order chi connectivity index (χ1) is 18.1. The molecule has 3 N–H and O–H groups in total. The number of aryl methyl sites for hydroxylation is 1. The maximum absolute atomic E-state index is 13.6. The first-order valence-corrected chi connectivity index (χ1v) is 11.8. The largest absolute Gasteiger partial charge is 0.484 e. The first-order valence-electron chi connectivity index (χ1n) is 11.8. The number of morpholine rings is 1. The third-order valence-corrected chi connectivity index (χ3v) is 6.13. The summed E-state index contributed by atoms with van der Waals surface area (Å²) in [6.07, 6.45) is 0. The molecule has 1 saturated heterocycles. The maximum atomic E-state index is 13.6. The summed E-state index contributed by atoms with van der Waals surface area (Å²) >= 11 is 0. The summed E-state index contributed by atoms with van der Waals surface area (Å²) in [6.45, 7) is 4.19. The van der Waals surface area contributed by atoms with Crippen LogP contribution >= 0.6 is 0 Å². The minimum Gasteiger partial charge on any atom is -0.484 e. The van der Waals surface area contributed by atoms with Crippen LogP contribution in [-0.4, -0.2) is 63.5 Å². The third-order valence-electron chi connectivity index (χ3n) is 6.13. The number of ether oxygens (including phenoxy) is 2. The molecule has 2 aromatic carbocycles. The third kappa shape index (κ3) is 4.74. The summed E-state index contributed by atoms with van der Waals surface area (Å²) in [7, 11) is 0. The van der Waals surface area contributed by atoms with E-state index in [4.69, 9.17) is 14.0 Å². The normalized spacial score (nSPS) is 14.4. The second-order valence-electron chi connectivity index (χ2n) is 8.59. The molecule has 1 aliphatic heterocycles. The summed E-state index contributed by atoms with van der Waals surface area (Å²) in [4.78, 5) is 30.3. The second kappa shape index (κ2) is 10.4. The van der Waals surface area contributed by atoms with Crippen molar-refractivity contribution in [2.45, 2.75) is 21.0 Å². The Bertz CT molecular complexity index is 1470. The molecule has 2 aliphatic rings. The van der Waals surface area contributed by atoms with Crippen molar-refractivity contribution >= 4 is 17.5 Å². The van der Waals surface area contributed by atoms with Crippen LogP contribution in [-0.2, 0) is 11.3 Å². The zero-order valence-corrected chi connectivity index (χ0v) is 19.9. The molecule has 12 heteroatoms. The monoisotopic (exact) mass is 517 g/mol. The molecule has 1 fully saturated rings. The molecule has 0 unspecified atom stereocenters. The highest BCUT2D eigenvalue weighted by Crippen LogP contribution is 2.43. The van der Waals surface area contributed by atoms with Crippen molar-refractivity contribution in [1.82, 2.24) is 30.8 Å². The van der Waals surface area contributed by atoms with Crippen LogP contribution in [0.5, 0.6) is 5.75 Å². The zero-order valence-electron chi connectivity index (χ0n) is 19.9. The highest BCUT2D eigenvalue weighted by atomic mass is 16.5. The van der Waals surface area contributed by atoms with Crippen LogP contribution in [0.2, 0.25) is 0 Å². The van der Waals surface area contributed by atoms with Gasteiger partial charge in [-0.15, -0.1) is 0 Å². The Labute approximate surface area is 218 Å². The number of fused-ring (bicyclic) bond motifs is 3. The van der Waals surface area contributed by atoms with Crippen LogP contribution in [0.1, 0.15) is 35.1 Å². The van der Waals surface area contributed by atoms with E-state index in [9.17, 15) is 9.59 Å². The van der Waals surface area contributed by atoms with Gasteiger partial charge in [-0.1, -0.05) is 24.7 Å². The van der Waals surface area contributed by atoms with E-state index in [0.29, 0.717) is 77.5 Å². The number of hydrogen-bond acceptors (Lipinski definition) is 9. The molecule has 6 rings (SSSR count). The van der Waals surface area contributed by atoms with Gasteiger partial charge >= 0.3 is 6.03 Å². The Kier molecular flexibility index (Phi) is 6.90. The number of hydrogen-bond donors (Lipinski definition) is 3. The van der Waals surface area contributed by atoms with Crippen molar-refractivity contribution in [1.29, 1.82) is 0 Å². The molecule has 2 amide bonds. The molecular formula is C26H27N7O5. The predicted octanol–water partition coefficient (Wildman–Crippen LogP) is 3.56. The van der Waals surface area contributed by atoms with Crippen LogP contribution in [0.3, 0.4) is 0 Å². The van der Waals surface area contributed by atoms with Gasteiger partial charge in [-0.3, -0.25) is 15.3 Å². The van der Waals surface area contributed by atoms with Crippen molar-refractivity contribution in [2.75, 3.05) is 31.6 Å². The van der Waals surface area contributed by atoms with Crippen molar-refractivity contribution in [2.24, 2.45) is 0 Å². The zero-order chi connectivity index (χ0) is 25.4. The minimum absolute atomic E-state index is 0. The average molecular weight is 518 g/mol. The lowest BCUT2D eigenvalue weighted by molar-refractivity contribution is 0.0207. The summed E-state index contributed by atoms with van der Waals surface area (Å²) < 4.78 is 16.1. The molecule has 38 heavy (non-hydrogen) atoms. The van der Waals surface area contributed by atoms with Crippen LogP contribution < -0.4 is 15.5 Å². The van der Waals surface area contributed by atoms with Crippen molar-refractivity contribution in [3.8, 4) is 28.3 Å². The van der Waals surface area contributed by atoms with Gasteiger partial charge in [0.2, 0.25) is 0 Å². The predicted molar refractivity (Wildman–Crippen MR) is 138 cm³/mol. The molecule has 0 atom stereocenters. The number of nitrogens with zero attached hydrogens (tertiary/aromatic N) is 4. The number of rotatable bonds is 6. The standard InChI is InChI=1S/C25H23N7O5.CH4/c1-14-26-19(37-31-14)13-36-16-7-5-15(6-8-16)22-21-23(29-28-22)17-3-2-4-18(20(17)24(21)33)27-25(34)30-32-9-11-35-12-10-32;/h2-8H,9-13H2,1H3,(H,28,29)(H2,27,30,34);1H4. The lowest BCUT2D eigenvalue weighted by atomic mass is 10.0. The molecule has 0 spiro atoms. The lowest BCUT2D eigenvalue weighted by Crippen LogP contribution is -2.49. The van der Waals surface area contributed by atoms with E-state index < -0.39 is 6.03 Å². The van der Waals surface area contributed by atoms with Crippen molar-refractivity contribution < 1.29 is 23.6 Å². The summed E-state index contributed by atoms with van der Waals surface area (Å²) in [5, 5.41) is 15.8. The van der Waals surface area contributed by atoms with Gasteiger partial charge in [0.15, 0.2) is 18.2 Å². The van der Waals surface area contributed by atoms with Crippen LogP contribution in [0, 0.1) is 6.92 Å². The van der Waals surface area contributed by atoms with Crippen LogP contribution in [0.15, 0.2) is 47.0 Å². The Morgan fingerprint density at radius 2 is 1.92 bits per heavy atom. The molecule has 0 bridgehead atoms. The minimum atomic E-state index is -0.414. The van der Waals surface area contributed by atoms with E-state index in [-0.39, 0.29) is 19.8 Å². The summed E-state index contributed by atoms with van der Waals surface area (Å²) in [5.74, 6) is 1.34. The van der Waals surface area contributed by atoms with E-state index in [1.54, 1.807) is 36.2 Å². The molecular weight excluding hydrogens is 490 g/mol. The summed E-state index contributed by atoms with van der Waals surface area (Å²) in [6, 6.07) is 12.2. The van der Waals surface area contributed by atoms with Gasteiger partial charge < -0.3 is 19.3 Å². The fourth-order valence-electron chi connectivity index (χ4n) is 4.42. The van der Waals surface area contributed by atoms with Crippen molar-refractivity contribution in [3.05, 3.63) is 65.3 Å². The van der Waals surface area contributed by atoms with E-state index in [0.717, 1.165) is 5.56 Å². The van der Waals surface area contributed by atoms with Crippen molar-refractivity contribution in [3.63, 3.8) is 0 Å². The topological polar surface area (TPSA) is 148 Å². The fourth-order valence-corrected chi connectivity index (χ4v) is 4.42. The number of aromatic nitrogens is 4. The number of amides is 2. The maximum Gasteiger partial charge on any atom is 0.333 e. The van der Waals surface area contributed by atoms with Gasteiger partial charge in [-0.25, -0.2) is 9.80 Å². The molecule has 0 saturated carbocycles. The second-order valence-corrected chi connectivity index (χ2v) is 8.59. The van der Waals surface area contributed by atoms with Gasteiger partial charge in [0, 0.05) is 24.2 Å². The number of ketones is 1. The Morgan fingerprint density at radius 1 is 1.13 bits per heavy atom. The highest BCUT2D eigenvalue weighted by molar-refractivity contribution is 6.26. The van der Waals surface area contributed by atoms with E-state index in [1.807, 2.05) is 18.2 Å².